The topological polar surface area (TPSA) is 58.4 Å². The van der Waals surface area contributed by atoms with E-state index in [4.69, 9.17) is 5.11 Å². The van der Waals surface area contributed by atoms with Gasteiger partial charge in [0.2, 0.25) is 0 Å². The van der Waals surface area contributed by atoms with Crippen molar-refractivity contribution >= 4 is 5.82 Å². The number of hydrogen-bond acceptors (Lipinski definition) is 4. The molecule has 0 fully saturated rings. The van der Waals surface area contributed by atoms with Crippen LogP contribution in [0.15, 0.2) is 17.2 Å². The molecule has 0 spiro atoms. The summed E-state index contributed by atoms with van der Waals surface area (Å²) >= 11 is 0. The maximum atomic E-state index is 12.2. The Kier molecular flexibility index (Phi) is 5.85. The van der Waals surface area contributed by atoms with Gasteiger partial charge in [-0.05, 0) is 33.1 Å². The second kappa shape index (κ2) is 7.16. The maximum absolute atomic E-state index is 12.2. The van der Waals surface area contributed by atoms with E-state index in [0.29, 0.717) is 5.82 Å². The number of aliphatic hydroxyl groups excluding tert-OH is 1. The van der Waals surface area contributed by atoms with Crippen molar-refractivity contribution in [3.05, 3.63) is 22.7 Å². The third-order valence-electron chi connectivity index (χ3n) is 2.92. The fourth-order valence-electron chi connectivity index (χ4n) is 1.83. The first kappa shape index (κ1) is 14.7. The molecule has 1 aromatic rings. The molecule has 0 aromatic carbocycles. The minimum absolute atomic E-state index is 0.0443. The Balaban J connectivity index is 2.71. The lowest BCUT2D eigenvalue weighted by molar-refractivity contribution is 0.283. The Labute approximate surface area is 108 Å². The summed E-state index contributed by atoms with van der Waals surface area (Å²) in [4.78, 5) is 18.2. The molecular formula is C13H23N3O2. The van der Waals surface area contributed by atoms with Crippen LogP contribution in [0.3, 0.4) is 0 Å². The highest BCUT2D eigenvalue weighted by Gasteiger charge is 2.10. The molecule has 18 heavy (non-hydrogen) atoms. The van der Waals surface area contributed by atoms with Crippen molar-refractivity contribution in [1.29, 1.82) is 0 Å². The average Bonchev–Trinajstić information content (AvgIpc) is 2.34. The monoisotopic (exact) mass is 253 g/mol. The van der Waals surface area contributed by atoms with Crippen LogP contribution >= 0.6 is 0 Å². The Morgan fingerprint density at radius 1 is 1.39 bits per heavy atom. The van der Waals surface area contributed by atoms with Crippen molar-refractivity contribution in [2.45, 2.75) is 39.2 Å². The van der Waals surface area contributed by atoms with Gasteiger partial charge < -0.3 is 14.6 Å². The van der Waals surface area contributed by atoms with Gasteiger partial charge in [-0.2, -0.15) is 0 Å². The quantitative estimate of drug-likeness (QED) is 0.747. The van der Waals surface area contributed by atoms with E-state index in [2.05, 4.69) is 4.98 Å². The van der Waals surface area contributed by atoms with Crippen molar-refractivity contribution in [2.24, 2.45) is 0 Å². The van der Waals surface area contributed by atoms with Crippen molar-refractivity contribution in [1.82, 2.24) is 9.55 Å². The summed E-state index contributed by atoms with van der Waals surface area (Å²) in [6, 6.07) is 0.141. The molecule has 0 aliphatic carbocycles. The molecule has 1 N–H and O–H groups in total. The molecule has 0 amide bonds. The van der Waals surface area contributed by atoms with Gasteiger partial charge in [-0.25, -0.2) is 4.98 Å². The Morgan fingerprint density at radius 2 is 2.11 bits per heavy atom. The normalized spacial score (nSPS) is 10.9. The highest BCUT2D eigenvalue weighted by atomic mass is 16.2. The lowest BCUT2D eigenvalue weighted by Crippen LogP contribution is -2.31. The SMILES string of the molecule is CC(C)n1ccnc(N(C)CCCCCO)c1=O. The molecule has 1 rings (SSSR count). The van der Waals surface area contributed by atoms with E-state index >= 15 is 0 Å². The van der Waals surface area contributed by atoms with Gasteiger partial charge in [0, 0.05) is 38.6 Å². The van der Waals surface area contributed by atoms with Crippen LogP contribution in [0, 0.1) is 0 Å². The van der Waals surface area contributed by atoms with Gasteiger partial charge in [0.15, 0.2) is 5.82 Å². The minimum atomic E-state index is -0.0443. The maximum Gasteiger partial charge on any atom is 0.293 e. The molecule has 102 valence electrons. The summed E-state index contributed by atoms with van der Waals surface area (Å²) in [7, 11) is 1.88. The molecule has 0 aliphatic rings. The standard InChI is InChI=1S/C13H23N3O2/c1-11(2)16-9-7-14-12(13(16)18)15(3)8-5-4-6-10-17/h7,9,11,17H,4-6,8,10H2,1-3H3. The summed E-state index contributed by atoms with van der Waals surface area (Å²) in [5, 5.41) is 8.71. The van der Waals surface area contributed by atoms with Crippen LogP contribution in [0.2, 0.25) is 0 Å². The van der Waals surface area contributed by atoms with E-state index in [1.54, 1.807) is 17.0 Å². The van der Waals surface area contributed by atoms with E-state index in [0.717, 1.165) is 25.8 Å². The first-order valence-electron chi connectivity index (χ1n) is 6.47. The molecule has 0 saturated heterocycles. The largest absolute Gasteiger partial charge is 0.396 e. The first-order valence-corrected chi connectivity index (χ1v) is 6.47. The third kappa shape index (κ3) is 3.84. The van der Waals surface area contributed by atoms with Crippen LogP contribution in [-0.2, 0) is 0 Å². The van der Waals surface area contributed by atoms with E-state index in [1.807, 2.05) is 25.8 Å². The van der Waals surface area contributed by atoms with Crippen LogP contribution in [0.25, 0.3) is 0 Å². The zero-order valence-corrected chi connectivity index (χ0v) is 11.5. The number of unbranched alkanes of at least 4 members (excludes halogenated alkanes) is 2. The molecule has 0 unspecified atom stereocenters. The molecular weight excluding hydrogens is 230 g/mol. The summed E-state index contributed by atoms with van der Waals surface area (Å²) in [5.41, 5.74) is -0.0443. The molecule has 0 aliphatic heterocycles. The smallest absolute Gasteiger partial charge is 0.293 e. The van der Waals surface area contributed by atoms with E-state index in [1.165, 1.54) is 0 Å². The fraction of sp³-hybridized carbons (Fsp3) is 0.692. The van der Waals surface area contributed by atoms with Gasteiger partial charge in [0.25, 0.3) is 5.56 Å². The predicted octanol–water partition coefficient (Wildman–Crippen LogP) is 1.42. The Hall–Kier alpha value is -1.36. The second-order valence-electron chi connectivity index (χ2n) is 4.76. The van der Waals surface area contributed by atoms with Crippen LogP contribution in [0.5, 0.6) is 0 Å². The highest BCUT2D eigenvalue weighted by molar-refractivity contribution is 5.34. The van der Waals surface area contributed by atoms with Gasteiger partial charge in [0.05, 0.1) is 0 Å². The lowest BCUT2D eigenvalue weighted by Gasteiger charge is -2.19. The Bertz CT molecular complexity index is 415. The number of anilines is 1. The van der Waals surface area contributed by atoms with Crippen LogP contribution in [0.4, 0.5) is 5.82 Å². The molecule has 0 bridgehead atoms. The van der Waals surface area contributed by atoms with Gasteiger partial charge in [-0.15, -0.1) is 0 Å². The number of aliphatic hydroxyl groups is 1. The summed E-state index contributed by atoms with van der Waals surface area (Å²) < 4.78 is 1.69. The van der Waals surface area contributed by atoms with Crippen LogP contribution in [0.1, 0.15) is 39.2 Å². The highest BCUT2D eigenvalue weighted by Crippen LogP contribution is 2.06. The minimum Gasteiger partial charge on any atom is -0.396 e. The van der Waals surface area contributed by atoms with E-state index < -0.39 is 0 Å². The number of hydrogen-bond donors (Lipinski definition) is 1. The van der Waals surface area contributed by atoms with Gasteiger partial charge in [0.1, 0.15) is 0 Å². The average molecular weight is 253 g/mol. The number of nitrogens with zero attached hydrogens (tertiary/aromatic N) is 3. The zero-order chi connectivity index (χ0) is 13.5. The molecule has 0 saturated carbocycles. The Morgan fingerprint density at radius 3 is 2.72 bits per heavy atom. The van der Waals surface area contributed by atoms with Crippen LogP contribution < -0.4 is 10.5 Å². The molecule has 0 atom stereocenters. The van der Waals surface area contributed by atoms with Crippen molar-refractivity contribution in [3.63, 3.8) is 0 Å². The van der Waals surface area contributed by atoms with E-state index in [9.17, 15) is 4.79 Å². The van der Waals surface area contributed by atoms with Crippen molar-refractivity contribution < 1.29 is 5.11 Å². The number of rotatable bonds is 7. The van der Waals surface area contributed by atoms with Gasteiger partial charge in [-0.3, -0.25) is 4.79 Å². The molecule has 1 heterocycles. The second-order valence-corrected chi connectivity index (χ2v) is 4.76. The van der Waals surface area contributed by atoms with Crippen molar-refractivity contribution in [2.75, 3.05) is 25.1 Å². The lowest BCUT2D eigenvalue weighted by atomic mass is 10.2. The molecule has 5 nitrogen and oxygen atoms in total. The van der Waals surface area contributed by atoms with Crippen LogP contribution in [-0.4, -0.2) is 34.9 Å². The molecule has 0 radical (unpaired) electrons. The number of aromatic nitrogens is 2. The van der Waals surface area contributed by atoms with Gasteiger partial charge >= 0.3 is 0 Å². The molecule has 5 heteroatoms. The van der Waals surface area contributed by atoms with Crippen molar-refractivity contribution in [3.8, 4) is 0 Å². The third-order valence-corrected chi connectivity index (χ3v) is 2.92. The zero-order valence-electron chi connectivity index (χ0n) is 11.5. The summed E-state index contributed by atoms with van der Waals surface area (Å²) in [6.07, 6.45) is 6.12. The van der Waals surface area contributed by atoms with E-state index in [-0.39, 0.29) is 18.2 Å². The summed E-state index contributed by atoms with van der Waals surface area (Å²) in [5.74, 6) is 0.496. The molecule has 1 aromatic heterocycles. The summed E-state index contributed by atoms with van der Waals surface area (Å²) in [6.45, 7) is 4.97. The predicted molar refractivity (Wildman–Crippen MR) is 73.1 cm³/mol. The van der Waals surface area contributed by atoms with Gasteiger partial charge in [-0.1, -0.05) is 0 Å². The fourth-order valence-corrected chi connectivity index (χ4v) is 1.83. The first-order chi connectivity index (χ1) is 8.57.